The van der Waals surface area contributed by atoms with Crippen molar-refractivity contribution in [1.29, 1.82) is 0 Å². The second-order valence-corrected chi connectivity index (χ2v) is 6.50. The van der Waals surface area contributed by atoms with E-state index in [4.69, 9.17) is 5.73 Å². The van der Waals surface area contributed by atoms with Crippen LogP contribution in [-0.2, 0) is 13.2 Å². The summed E-state index contributed by atoms with van der Waals surface area (Å²) < 4.78 is 0. The fourth-order valence-corrected chi connectivity index (χ4v) is 3.60. The lowest BCUT2D eigenvalue weighted by molar-refractivity contribution is 0.112. The number of nitrogens with zero attached hydrogens (tertiary/aromatic N) is 1. The lowest BCUT2D eigenvalue weighted by Gasteiger charge is -2.35. The average molecular weight is 340 g/mol. The number of aromatic hydroxyl groups is 1. The summed E-state index contributed by atoms with van der Waals surface area (Å²) in [6.45, 7) is 1.79. The lowest BCUT2D eigenvalue weighted by atomic mass is 9.88. The van der Waals surface area contributed by atoms with Crippen LogP contribution in [0, 0.1) is 0 Å². The van der Waals surface area contributed by atoms with E-state index < -0.39 is 0 Å². The number of phenols is 1. The summed E-state index contributed by atoms with van der Waals surface area (Å²) in [7, 11) is 0. The number of carbonyl (C=O) groups excluding carboxylic acids is 1. The summed E-state index contributed by atoms with van der Waals surface area (Å²) in [5.41, 5.74) is 9.60. The molecule has 1 heterocycles. The minimum atomic E-state index is -0.250. The summed E-state index contributed by atoms with van der Waals surface area (Å²) in [5, 5.41) is 19.8. The quantitative estimate of drug-likeness (QED) is 0.728. The van der Waals surface area contributed by atoms with Crippen molar-refractivity contribution in [3.8, 4) is 5.75 Å². The number of hydrogen-bond acceptors (Lipinski definition) is 5. The van der Waals surface area contributed by atoms with Gasteiger partial charge >= 0.3 is 0 Å². The van der Waals surface area contributed by atoms with Crippen LogP contribution in [0.15, 0.2) is 36.4 Å². The zero-order valence-electron chi connectivity index (χ0n) is 14.2. The van der Waals surface area contributed by atoms with Gasteiger partial charge in [0.15, 0.2) is 6.29 Å². The summed E-state index contributed by atoms with van der Waals surface area (Å²) in [5.74, 6) is 0.460. The van der Waals surface area contributed by atoms with Gasteiger partial charge in [-0.15, -0.1) is 0 Å². The van der Waals surface area contributed by atoms with Gasteiger partial charge in [-0.05, 0) is 36.0 Å². The molecule has 0 aliphatic carbocycles. The Labute approximate surface area is 147 Å². The molecule has 0 aromatic heterocycles. The number of aliphatic hydroxyl groups excluding tert-OH is 1. The van der Waals surface area contributed by atoms with E-state index in [0.717, 1.165) is 37.8 Å². The van der Waals surface area contributed by atoms with Gasteiger partial charge in [0.05, 0.1) is 12.3 Å². The Morgan fingerprint density at radius 3 is 2.60 bits per heavy atom. The fourth-order valence-electron chi connectivity index (χ4n) is 3.60. The zero-order chi connectivity index (χ0) is 17.8. The highest BCUT2D eigenvalue weighted by molar-refractivity contribution is 5.88. The zero-order valence-corrected chi connectivity index (χ0v) is 14.2. The molecule has 25 heavy (non-hydrogen) atoms. The molecule has 0 radical (unpaired) electrons. The van der Waals surface area contributed by atoms with E-state index in [-0.39, 0.29) is 12.4 Å². The van der Waals surface area contributed by atoms with E-state index in [0.29, 0.717) is 29.3 Å². The third-order valence-corrected chi connectivity index (χ3v) is 5.03. The number of carbonyl (C=O) groups is 1. The van der Waals surface area contributed by atoms with Crippen LogP contribution in [0.25, 0.3) is 0 Å². The fraction of sp³-hybridized carbons (Fsp3) is 0.350. The van der Waals surface area contributed by atoms with Crippen molar-refractivity contribution in [1.82, 2.24) is 0 Å². The van der Waals surface area contributed by atoms with Crippen LogP contribution in [0.1, 0.15) is 45.8 Å². The third kappa shape index (κ3) is 3.52. The predicted molar refractivity (Wildman–Crippen MR) is 97.9 cm³/mol. The molecule has 4 N–H and O–H groups in total. The smallest absolute Gasteiger partial charge is 0.152 e. The van der Waals surface area contributed by atoms with Gasteiger partial charge in [0.1, 0.15) is 5.75 Å². The van der Waals surface area contributed by atoms with Crippen molar-refractivity contribution < 1.29 is 15.0 Å². The molecular weight excluding hydrogens is 316 g/mol. The minimum Gasteiger partial charge on any atom is -0.505 e. The van der Waals surface area contributed by atoms with Gasteiger partial charge in [-0.1, -0.05) is 30.3 Å². The molecule has 2 aromatic carbocycles. The Kier molecular flexibility index (Phi) is 5.36. The van der Waals surface area contributed by atoms with E-state index in [1.165, 1.54) is 5.56 Å². The summed E-state index contributed by atoms with van der Waals surface area (Å²) in [6, 6.07) is 11.6. The van der Waals surface area contributed by atoms with Crippen LogP contribution in [-0.4, -0.2) is 29.6 Å². The Balaban J connectivity index is 1.79. The molecule has 0 amide bonds. The lowest BCUT2D eigenvalue weighted by Crippen LogP contribution is -2.33. The Bertz CT molecular complexity index is 753. The van der Waals surface area contributed by atoms with Gasteiger partial charge in [0, 0.05) is 30.8 Å². The number of aldehydes is 1. The highest BCUT2D eigenvalue weighted by Gasteiger charge is 2.25. The maximum absolute atomic E-state index is 11.4. The first-order valence-corrected chi connectivity index (χ1v) is 8.62. The molecule has 2 aromatic rings. The van der Waals surface area contributed by atoms with E-state index in [1.54, 1.807) is 12.1 Å². The molecule has 5 heteroatoms. The van der Waals surface area contributed by atoms with Gasteiger partial charge in [-0.2, -0.15) is 0 Å². The Hall–Kier alpha value is -2.37. The molecule has 132 valence electrons. The van der Waals surface area contributed by atoms with Gasteiger partial charge in [-0.3, -0.25) is 4.79 Å². The van der Waals surface area contributed by atoms with Gasteiger partial charge in [0.2, 0.25) is 0 Å². The van der Waals surface area contributed by atoms with E-state index in [9.17, 15) is 15.0 Å². The van der Waals surface area contributed by atoms with E-state index in [1.807, 2.05) is 17.0 Å². The third-order valence-electron chi connectivity index (χ3n) is 5.03. The average Bonchev–Trinajstić information content (AvgIpc) is 2.68. The number of hydrogen-bond donors (Lipinski definition) is 3. The van der Waals surface area contributed by atoms with Crippen molar-refractivity contribution in [2.24, 2.45) is 5.73 Å². The Morgan fingerprint density at radius 1 is 1.20 bits per heavy atom. The molecule has 0 saturated carbocycles. The Morgan fingerprint density at radius 2 is 1.96 bits per heavy atom. The molecule has 0 spiro atoms. The van der Waals surface area contributed by atoms with Crippen LogP contribution < -0.4 is 10.6 Å². The number of rotatable bonds is 5. The van der Waals surface area contributed by atoms with Crippen LogP contribution in [0.5, 0.6) is 5.75 Å². The second kappa shape index (κ2) is 7.68. The summed E-state index contributed by atoms with van der Waals surface area (Å²) in [6.07, 6.45) is 2.64. The molecule has 0 atom stereocenters. The van der Waals surface area contributed by atoms with Crippen LogP contribution in [0.2, 0.25) is 0 Å². The maximum Gasteiger partial charge on any atom is 0.152 e. The first-order valence-electron chi connectivity index (χ1n) is 8.62. The normalized spacial score (nSPS) is 15.4. The molecule has 1 aliphatic rings. The first-order chi connectivity index (χ1) is 12.2. The molecule has 5 nitrogen and oxygen atoms in total. The standard InChI is InChI=1S/C20H24N2O3/c21-11-14-2-1-3-16(10-14)15-6-8-22(9-7-15)19-17(12-23)4-5-18(13-24)20(19)25/h1-5,10,12,15,24-25H,6-9,11,13,21H2. The highest BCUT2D eigenvalue weighted by Crippen LogP contribution is 2.38. The van der Waals surface area contributed by atoms with Gasteiger partial charge in [-0.25, -0.2) is 0 Å². The number of aliphatic hydroxyl groups is 1. The van der Waals surface area contributed by atoms with Gasteiger partial charge < -0.3 is 20.8 Å². The molecule has 0 bridgehead atoms. The van der Waals surface area contributed by atoms with Crippen molar-refractivity contribution in [2.45, 2.75) is 31.9 Å². The topological polar surface area (TPSA) is 86.8 Å². The van der Waals surface area contributed by atoms with E-state index >= 15 is 0 Å². The van der Waals surface area contributed by atoms with Crippen molar-refractivity contribution in [3.63, 3.8) is 0 Å². The molecule has 1 fully saturated rings. The summed E-state index contributed by atoms with van der Waals surface area (Å²) >= 11 is 0. The molecular formula is C20H24N2O3. The highest BCUT2D eigenvalue weighted by atomic mass is 16.3. The molecule has 0 unspecified atom stereocenters. The molecule has 1 aliphatic heterocycles. The van der Waals surface area contributed by atoms with Crippen LogP contribution >= 0.6 is 0 Å². The SMILES string of the molecule is NCc1cccc(C2CCN(c3c(C=O)ccc(CO)c3O)CC2)c1. The van der Waals surface area contributed by atoms with Gasteiger partial charge in [0.25, 0.3) is 0 Å². The molecule has 3 rings (SSSR count). The van der Waals surface area contributed by atoms with E-state index in [2.05, 4.69) is 12.1 Å². The number of nitrogens with two attached hydrogens (primary N) is 1. The second-order valence-electron chi connectivity index (χ2n) is 6.50. The number of piperidine rings is 1. The van der Waals surface area contributed by atoms with Crippen molar-refractivity contribution >= 4 is 12.0 Å². The number of anilines is 1. The monoisotopic (exact) mass is 340 g/mol. The first kappa shape index (κ1) is 17.5. The van der Waals surface area contributed by atoms with Crippen LogP contribution in [0.4, 0.5) is 5.69 Å². The maximum atomic E-state index is 11.4. The molecule has 1 saturated heterocycles. The predicted octanol–water partition coefficient (Wildman–Crippen LogP) is 2.54. The number of benzene rings is 2. The van der Waals surface area contributed by atoms with Crippen molar-refractivity contribution in [2.75, 3.05) is 18.0 Å². The minimum absolute atomic E-state index is 0.00989. The largest absolute Gasteiger partial charge is 0.505 e. The van der Waals surface area contributed by atoms with Crippen LogP contribution in [0.3, 0.4) is 0 Å². The summed E-state index contributed by atoms with van der Waals surface area (Å²) in [4.78, 5) is 13.4. The van der Waals surface area contributed by atoms with Crippen molar-refractivity contribution in [3.05, 3.63) is 58.7 Å².